The van der Waals surface area contributed by atoms with Crippen LogP contribution in [0.3, 0.4) is 0 Å². The fraction of sp³-hybridized carbons (Fsp3) is 0.538. The van der Waals surface area contributed by atoms with Gasteiger partial charge in [-0.15, -0.1) is 0 Å². The zero-order chi connectivity index (χ0) is 12.1. The molecule has 0 amide bonds. The molecule has 2 N–H and O–H groups in total. The molecule has 1 aliphatic carbocycles. The number of hydrogen-bond donors (Lipinski definition) is 2. The topological polar surface area (TPSA) is 49.3 Å². The smallest absolute Gasteiger partial charge is 0.191 e. The minimum Gasteiger partial charge on any atom is -0.356 e. The van der Waals surface area contributed by atoms with Gasteiger partial charge in [0.05, 0.1) is 12.2 Å². The Hall–Kier alpha value is -1.58. The second-order valence-corrected chi connectivity index (χ2v) is 4.52. The maximum Gasteiger partial charge on any atom is 0.191 e. The van der Waals surface area contributed by atoms with E-state index < -0.39 is 0 Å². The number of nitrogens with one attached hydrogen (secondary N) is 2. The van der Waals surface area contributed by atoms with Gasteiger partial charge < -0.3 is 10.6 Å². The number of pyridine rings is 1. The van der Waals surface area contributed by atoms with Crippen molar-refractivity contribution in [3.8, 4) is 0 Å². The second kappa shape index (κ2) is 5.66. The predicted octanol–water partition coefficient (Wildman–Crippen LogP) is 1.47. The maximum atomic E-state index is 4.44. The lowest BCUT2D eigenvalue weighted by Gasteiger charge is -2.11. The third-order valence-corrected chi connectivity index (χ3v) is 2.86. The Morgan fingerprint density at radius 3 is 2.88 bits per heavy atom. The first kappa shape index (κ1) is 11.9. The van der Waals surface area contributed by atoms with E-state index in [0.29, 0.717) is 6.54 Å². The molecule has 1 aliphatic rings. The highest BCUT2D eigenvalue weighted by molar-refractivity contribution is 5.79. The fourth-order valence-corrected chi connectivity index (χ4v) is 1.66. The first-order valence-corrected chi connectivity index (χ1v) is 6.15. The molecule has 0 aliphatic heterocycles. The Kier molecular flexibility index (Phi) is 3.96. The van der Waals surface area contributed by atoms with Crippen molar-refractivity contribution < 1.29 is 0 Å². The summed E-state index contributed by atoms with van der Waals surface area (Å²) in [7, 11) is 1.80. The summed E-state index contributed by atoms with van der Waals surface area (Å²) in [6.45, 7) is 3.75. The van der Waals surface area contributed by atoms with Gasteiger partial charge in [0.2, 0.25) is 0 Å². The average molecular weight is 232 g/mol. The van der Waals surface area contributed by atoms with E-state index >= 15 is 0 Å². The van der Waals surface area contributed by atoms with Crippen LogP contribution < -0.4 is 10.6 Å². The number of nitrogens with zero attached hydrogens (tertiary/aromatic N) is 2. The molecule has 1 saturated carbocycles. The fourth-order valence-electron chi connectivity index (χ4n) is 1.66. The molecule has 1 fully saturated rings. The van der Waals surface area contributed by atoms with Crippen LogP contribution in [0.5, 0.6) is 0 Å². The van der Waals surface area contributed by atoms with Gasteiger partial charge >= 0.3 is 0 Å². The first-order chi connectivity index (χ1) is 8.28. The van der Waals surface area contributed by atoms with Gasteiger partial charge in [0.15, 0.2) is 5.96 Å². The molecule has 1 aromatic heterocycles. The van der Waals surface area contributed by atoms with Gasteiger partial charge in [-0.25, -0.2) is 0 Å². The molecule has 0 unspecified atom stereocenters. The highest BCUT2D eigenvalue weighted by Gasteiger charge is 2.20. The van der Waals surface area contributed by atoms with E-state index in [1.54, 1.807) is 7.05 Å². The zero-order valence-corrected chi connectivity index (χ0v) is 10.5. The van der Waals surface area contributed by atoms with Crippen LogP contribution in [0.15, 0.2) is 23.2 Å². The molecule has 0 bridgehead atoms. The molecule has 0 aromatic carbocycles. The van der Waals surface area contributed by atoms with Crippen LogP contribution in [-0.2, 0) is 6.54 Å². The normalized spacial score (nSPS) is 15.8. The third kappa shape index (κ3) is 4.06. The molecule has 92 valence electrons. The van der Waals surface area contributed by atoms with Crippen molar-refractivity contribution in [1.82, 2.24) is 15.6 Å². The SMILES string of the molecule is CN=C(NCc1cccc(C)n1)NCC1CC1. The van der Waals surface area contributed by atoms with E-state index in [1.807, 2.05) is 25.1 Å². The van der Waals surface area contributed by atoms with Crippen molar-refractivity contribution in [3.63, 3.8) is 0 Å². The Labute approximate surface area is 103 Å². The highest BCUT2D eigenvalue weighted by atomic mass is 15.2. The molecule has 4 nitrogen and oxygen atoms in total. The zero-order valence-electron chi connectivity index (χ0n) is 10.5. The molecule has 0 atom stereocenters. The molecule has 0 radical (unpaired) electrons. The summed E-state index contributed by atoms with van der Waals surface area (Å²) in [6, 6.07) is 6.05. The van der Waals surface area contributed by atoms with Crippen molar-refractivity contribution >= 4 is 5.96 Å². The van der Waals surface area contributed by atoms with Crippen molar-refractivity contribution in [3.05, 3.63) is 29.6 Å². The molecular formula is C13H20N4. The summed E-state index contributed by atoms with van der Waals surface area (Å²) in [5.41, 5.74) is 2.09. The summed E-state index contributed by atoms with van der Waals surface area (Å²) in [5, 5.41) is 6.60. The van der Waals surface area contributed by atoms with E-state index in [0.717, 1.165) is 29.8 Å². The number of hydrogen-bond acceptors (Lipinski definition) is 2. The molecule has 4 heteroatoms. The van der Waals surface area contributed by atoms with Gasteiger partial charge in [0.1, 0.15) is 0 Å². The predicted molar refractivity (Wildman–Crippen MR) is 69.9 cm³/mol. The lowest BCUT2D eigenvalue weighted by atomic mass is 10.3. The van der Waals surface area contributed by atoms with Crippen LogP contribution >= 0.6 is 0 Å². The summed E-state index contributed by atoms with van der Waals surface area (Å²) in [6.07, 6.45) is 2.70. The van der Waals surface area contributed by atoms with E-state index in [2.05, 4.69) is 20.6 Å². The van der Waals surface area contributed by atoms with Gasteiger partial charge in [-0.05, 0) is 37.8 Å². The number of aryl methyl sites for hydroxylation is 1. The van der Waals surface area contributed by atoms with E-state index in [9.17, 15) is 0 Å². The quantitative estimate of drug-likeness (QED) is 0.610. The minimum absolute atomic E-state index is 0.714. The highest BCUT2D eigenvalue weighted by Crippen LogP contribution is 2.27. The largest absolute Gasteiger partial charge is 0.356 e. The van der Waals surface area contributed by atoms with Gasteiger partial charge in [0.25, 0.3) is 0 Å². The number of rotatable bonds is 4. The lowest BCUT2D eigenvalue weighted by molar-refractivity contribution is 0.732. The molecular weight excluding hydrogens is 212 g/mol. The number of guanidine groups is 1. The van der Waals surface area contributed by atoms with Crippen molar-refractivity contribution in [1.29, 1.82) is 0 Å². The van der Waals surface area contributed by atoms with Crippen LogP contribution in [0.4, 0.5) is 0 Å². The van der Waals surface area contributed by atoms with Gasteiger partial charge in [0, 0.05) is 19.3 Å². The molecule has 0 saturated heterocycles. The molecule has 17 heavy (non-hydrogen) atoms. The molecule has 1 aromatic rings. The van der Waals surface area contributed by atoms with Crippen molar-refractivity contribution in [2.75, 3.05) is 13.6 Å². The van der Waals surface area contributed by atoms with Crippen LogP contribution in [0.1, 0.15) is 24.2 Å². The molecule has 1 heterocycles. The monoisotopic (exact) mass is 232 g/mol. The molecule has 2 rings (SSSR count). The lowest BCUT2D eigenvalue weighted by Crippen LogP contribution is -2.38. The van der Waals surface area contributed by atoms with Crippen LogP contribution in [0, 0.1) is 12.8 Å². The van der Waals surface area contributed by atoms with E-state index in [-0.39, 0.29) is 0 Å². The Bertz CT molecular complexity index is 396. The van der Waals surface area contributed by atoms with Gasteiger partial charge in [-0.1, -0.05) is 6.07 Å². The Morgan fingerprint density at radius 1 is 1.41 bits per heavy atom. The van der Waals surface area contributed by atoms with Crippen molar-refractivity contribution in [2.24, 2.45) is 10.9 Å². The maximum absolute atomic E-state index is 4.44. The standard InChI is InChI=1S/C13H20N4/c1-10-4-3-5-12(17-10)9-16-13(14-2)15-8-11-6-7-11/h3-5,11H,6-9H2,1-2H3,(H2,14,15,16). The van der Waals surface area contributed by atoms with Gasteiger partial charge in [-0.2, -0.15) is 0 Å². The summed E-state index contributed by atoms with van der Waals surface area (Å²) < 4.78 is 0. The number of aromatic nitrogens is 1. The summed E-state index contributed by atoms with van der Waals surface area (Å²) in [5.74, 6) is 1.71. The van der Waals surface area contributed by atoms with Gasteiger partial charge in [-0.3, -0.25) is 9.98 Å². The minimum atomic E-state index is 0.714. The second-order valence-electron chi connectivity index (χ2n) is 4.52. The summed E-state index contributed by atoms with van der Waals surface area (Å²) in [4.78, 5) is 8.63. The van der Waals surface area contributed by atoms with Crippen molar-refractivity contribution in [2.45, 2.75) is 26.3 Å². The molecule has 0 spiro atoms. The Morgan fingerprint density at radius 2 is 2.24 bits per heavy atom. The first-order valence-electron chi connectivity index (χ1n) is 6.15. The Balaban J connectivity index is 1.78. The van der Waals surface area contributed by atoms with E-state index in [4.69, 9.17) is 0 Å². The van der Waals surface area contributed by atoms with Crippen LogP contribution in [0.2, 0.25) is 0 Å². The third-order valence-electron chi connectivity index (χ3n) is 2.86. The van der Waals surface area contributed by atoms with E-state index in [1.165, 1.54) is 12.8 Å². The van der Waals surface area contributed by atoms with Crippen LogP contribution in [-0.4, -0.2) is 24.5 Å². The number of aliphatic imine (C=N–C) groups is 1. The average Bonchev–Trinajstić information content (AvgIpc) is 3.13. The summed E-state index contributed by atoms with van der Waals surface area (Å²) >= 11 is 0. The van der Waals surface area contributed by atoms with Crippen LogP contribution in [0.25, 0.3) is 0 Å².